The second kappa shape index (κ2) is 8.30. The fourth-order valence-corrected chi connectivity index (χ4v) is 2.79. The first-order valence-electron chi connectivity index (χ1n) is 7.61. The van der Waals surface area contributed by atoms with Crippen LogP contribution in [0.1, 0.15) is 10.4 Å². The Labute approximate surface area is 153 Å². The summed E-state index contributed by atoms with van der Waals surface area (Å²) in [5.74, 6) is 0.683. The molecule has 27 heavy (non-hydrogen) atoms. The lowest BCUT2D eigenvalue weighted by Crippen LogP contribution is -2.28. The number of methoxy groups -OCH3 is 1. The first-order valence-corrected chi connectivity index (χ1v) is 9.10. The van der Waals surface area contributed by atoms with Crippen LogP contribution in [-0.2, 0) is 9.84 Å². The van der Waals surface area contributed by atoms with Gasteiger partial charge in [-0.1, -0.05) is 0 Å². The normalized spacial score (nSPS) is 11.7. The molecule has 0 aromatic heterocycles. The van der Waals surface area contributed by atoms with Crippen molar-refractivity contribution in [2.45, 2.75) is 10.4 Å². The van der Waals surface area contributed by atoms with Gasteiger partial charge in [0.2, 0.25) is 0 Å². The summed E-state index contributed by atoms with van der Waals surface area (Å²) in [4.78, 5) is 11.0. The number of amides is 1. The van der Waals surface area contributed by atoms with E-state index in [0.717, 1.165) is 24.3 Å². The van der Waals surface area contributed by atoms with Crippen molar-refractivity contribution in [1.82, 2.24) is 5.32 Å². The zero-order valence-corrected chi connectivity index (χ0v) is 14.9. The van der Waals surface area contributed by atoms with E-state index in [9.17, 15) is 26.4 Å². The lowest BCUT2D eigenvalue weighted by atomic mass is 10.2. The molecule has 0 aliphatic carbocycles. The average Bonchev–Trinajstić information content (AvgIpc) is 2.64. The minimum atomic E-state index is -5.44. The fourth-order valence-electron chi connectivity index (χ4n) is 2.03. The monoisotopic (exact) mass is 403 g/mol. The minimum absolute atomic E-state index is 0.0283. The van der Waals surface area contributed by atoms with Crippen LogP contribution >= 0.6 is 0 Å². The Balaban J connectivity index is 1.87. The first kappa shape index (κ1) is 20.6. The number of alkyl halides is 3. The highest BCUT2D eigenvalue weighted by molar-refractivity contribution is 7.92. The van der Waals surface area contributed by atoms with Gasteiger partial charge in [0.05, 0.1) is 18.6 Å². The van der Waals surface area contributed by atoms with Gasteiger partial charge in [-0.25, -0.2) is 8.42 Å². The highest BCUT2D eigenvalue weighted by atomic mass is 32.2. The maximum atomic E-state index is 12.5. The van der Waals surface area contributed by atoms with E-state index < -0.39 is 26.1 Å². The van der Waals surface area contributed by atoms with Gasteiger partial charge in [-0.05, 0) is 48.5 Å². The molecule has 0 unspecified atom stereocenters. The molecule has 0 saturated carbocycles. The number of carbonyl (C=O) groups is 1. The van der Waals surface area contributed by atoms with Crippen molar-refractivity contribution < 1.29 is 35.9 Å². The predicted octanol–water partition coefficient (Wildman–Crippen LogP) is 2.80. The van der Waals surface area contributed by atoms with E-state index >= 15 is 0 Å². The van der Waals surface area contributed by atoms with Crippen molar-refractivity contribution in [3.8, 4) is 11.5 Å². The van der Waals surface area contributed by atoms with Crippen LogP contribution in [0.4, 0.5) is 13.2 Å². The van der Waals surface area contributed by atoms with Gasteiger partial charge in [0, 0.05) is 5.56 Å². The summed E-state index contributed by atoms with van der Waals surface area (Å²) < 4.78 is 70.4. The molecule has 146 valence electrons. The summed E-state index contributed by atoms with van der Waals surface area (Å²) in [5.41, 5.74) is -5.36. The first-order chi connectivity index (χ1) is 12.6. The van der Waals surface area contributed by atoms with Crippen LogP contribution in [0.5, 0.6) is 11.5 Å². The number of benzene rings is 2. The maximum Gasteiger partial charge on any atom is 0.501 e. The lowest BCUT2D eigenvalue weighted by Gasteiger charge is -2.10. The summed E-state index contributed by atoms with van der Waals surface area (Å²) in [5, 5.41) is 2.52. The summed E-state index contributed by atoms with van der Waals surface area (Å²) >= 11 is 0. The number of halogens is 3. The zero-order chi connectivity index (χ0) is 20.1. The summed E-state index contributed by atoms with van der Waals surface area (Å²) in [6.07, 6.45) is 0. The Kier molecular flexibility index (Phi) is 6.32. The summed E-state index contributed by atoms with van der Waals surface area (Å²) in [7, 11) is -3.90. The number of sulfone groups is 1. The van der Waals surface area contributed by atoms with Crippen molar-refractivity contribution >= 4 is 15.7 Å². The van der Waals surface area contributed by atoms with E-state index in [2.05, 4.69) is 5.32 Å². The lowest BCUT2D eigenvalue weighted by molar-refractivity contribution is -0.0436. The molecular weight excluding hydrogens is 387 g/mol. The Bertz CT molecular complexity index is 878. The third-order valence-corrected chi connectivity index (χ3v) is 4.95. The molecule has 0 fully saturated rings. The second-order valence-corrected chi connectivity index (χ2v) is 7.19. The molecule has 10 heteroatoms. The quantitative estimate of drug-likeness (QED) is 0.719. The molecule has 0 aliphatic heterocycles. The molecule has 0 spiro atoms. The molecule has 6 nitrogen and oxygen atoms in total. The Morgan fingerprint density at radius 1 is 1.00 bits per heavy atom. The Hall–Kier alpha value is -2.75. The van der Waals surface area contributed by atoms with Crippen LogP contribution in [0.15, 0.2) is 53.4 Å². The van der Waals surface area contributed by atoms with Gasteiger partial charge in [-0.2, -0.15) is 13.2 Å². The topological polar surface area (TPSA) is 81.7 Å². The highest BCUT2D eigenvalue weighted by Gasteiger charge is 2.46. The molecule has 0 radical (unpaired) electrons. The standard InChI is InChI=1S/C17H16F3NO5S/c1-25-13-4-6-14(7-5-13)26-11-10-21-16(22)12-2-8-15(9-3-12)27(23,24)17(18,19)20/h2-9H,10-11H2,1H3,(H,21,22). The van der Waals surface area contributed by atoms with Gasteiger partial charge >= 0.3 is 5.51 Å². The Morgan fingerprint density at radius 2 is 1.56 bits per heavy atom. The van der Waals surface area contributed by atoms with Crippen molar-refractivity contribution in [3.05, 3.63) is 54.1 Å². The van der Waals surface area contributed by atoms with Crippen molar-refractivity contribution in [2.24, 2.45) is 0 Å². The smallest absolute Gasteiger partial charge is 0.497 e. The molecule has 1 amide bonds. The maximum absolute atomic E-state index is 12.5. The van der Waals surface area contributed by atoms with Gasteiger partial charge < -0.3 is 14.8 Å². The molecule has 2 rings (SSSR count). The fraction of sp³-hybridized carbons (Fsp3) is 0.235. The van der Waals surface area contributed by atoms with Crippen molar-refractivity contribution in [1.29, 1.82) is 0 Å². The van der Waals surface area contributed by atoms with E-state index in [0.29, 0.717) is 11.5 Å². The summed E-state index contributed by atoms with van der Waals surface area (Å²) in [6, 6.07) is 10.3. The molecule has 0 bridgehead atoms. The molecule has 0 aliphatic rings. The Morgan fingerprint density at radius 3 is 2.07 bits per heavy atom. The highest BCUT2D eigenvalue weighted by Crippen LogP contribution is 2.30. The van der Waals surface area contributed by atoms with Crippen LogP contribution in [-0.4, -0.2) is 40.1 Å². The van der Waals surface area contributed by atoms with E-state index in [1.54, 1.807) is 24.3 Å². The van der Waals surface area contributed by atoms with E-state index in [1.165, 1.54) is 7.11 Å². The van der Waals surface area contributed by atoms with Crippen LogP contribution in [0, 0.1) is 0 Å². The van der Waals surface area contributed by atoms with Gasteiger partial charge in [-0.15, -0.1) is 0 Å². The average molecular weight is 403 g/mol. The number of carbonyl (C=O) groups excluding carboxylic acids is 1. The SMILES string of the molecule is COc1ccc(OCCNC(=O)c2ccc(S(=O)(=O)C(F)(F)F)cc2)cc1. The largest absolute Gasteiger partial charge is 0.501 e. The van der Waals surface area contributed by atoms with Crippen LogP contribution < -0.4 is 14.8 Å². The van der Waals surface area contributed by atoms with Gasteiger partial charge in [0.15, 0.2) is 0 Å². The molecule has 2 aromatic carbocycles. The number of rotatable bonds is 7. The van der Waals surface area contributed by atoms with Gasteiger partial charge in [0.1, 0.15) is 18.1 Å². The number of nitrogens with one attached hydrogen (secondary N) is 1. The van der Waals surface area contributed by atoms with Crippen LogP contribution in [0.2, 0.25) is 0 Å². The molecule has 0 atom stereocenters. The van der Waals surface area contributed by atoms with E-state index in [4.69, 9.17) is 9.47 Å². The van der Waals surface area contributed by atoms with E-state index in [1.807, 2.05) is 0 Å². The molecular formula is C17H16F3NO5S. The van der Waals surface area contributed by atoms with E-state index in [-0.39, 0.29) is 18.7 Å². The van der Waals surface area contributed by atoms with Gasteiger partial charge in [0.25, 0.3) is 15.7 Å². The molecule has 0 saturated heterocycles. The molecule has 0 heterocycles. The van der Waals surface area contributed by atoms with Gasteiger partial charge in [-0.3, -0.25) is 4.79 Å². The summed E-state index contributed by atoms with van der Waals surface area (Å²) in [6.45, 7) is 0.312. The number of ether oxygens (including phenoxy) is 2. The third kappa shape index (κ3) is 5.13. The number of hydrogen-bond donors (Lipinski definition) is 1. The molecule has 1 N–H and O–H groups in total. The zero-order valence-electron chi connectivity index (χ0n) is 14.1. The predicted molar refractivity (Wildman–Crippen MR) is 90.5 cm³/mol. The second-order valence-electron chi connectivity index (χ2n) is 5.25. The third-order valence-electron chi connectivity index (χ3n) is 3.45. The minimum Gasteiger partial charge on any atom is -0.497 e. The van der Waals surface area contributed by atoms with Crippen molar-refractivity contribution in [2.75, 3.05) is 20.3 Å². The molecule has 2 aromatic rings. The number of hydrogen-bond acceptors (Lipinski definition) is 5. The van der Waals surface area contributed by atoms with Crippen molar-refractivity contribution in [3.63, 3.8) is 0 Å². The van der Waals surface area contributed by atoms with Crippen LogP contribution in [0.3, 0.4) is 0 Å². The van der Waals surface area contributed by atoms with Crippen LogP contribution in [0.25, 0.3) is 0 Å².